The number of ether oxygens (including phenoxy) is 1. The molecule has 0 saturated heterocycles. The monoisotopic (exact) mass is 266 g/mol. The van der Waals surface area contributed by atoms with E-state index < -0.39 is 6.10 Å². The van der Waals surface area contributed by atoms with E-state index >= 15 is 0 Å². The molecule has 0 aromatic heterocycles. The first kappa shape index (κ1) is 15.6. The Bertz CT molecular complexity index is 404. The third-order valence-electron chi connectivity index (χ3n) is 2.83. The van der Waals surface area contributed by atoms with Crippen molar-refractivity contribution in [1.82, 2.24) is 9.96 Å². The van der Waals surface area contributed by atoms with Crippen LogP contribution < -0.4 is 0 Å². The zero-order valence-corrected chi connectivity index (χ0v) is 12.2. The molecule has 0 aliphatic carbocycles. The Morgan fingerprint density at radius 3 is 2.16 bits per heavy atom. The standard InChI is InChI=1S/C14H22N2O3/c1-15(2)10-11-6-8-12(9-7-11)13(18-4)14(17)16(3)19-5/h6-9,13H,10H2,1-5H3. The number of amides is 1. The summed E-state index contributed by atoms with van der Waals surface area (Å²) in [7, 11) is 8.56. The lowest BCUT2D eigenvalue weighted by Gasteiger charge is -2.21. The van der Waals surface area contributed by atoms with Crippen LogP contribution in [0.3, 0.4) is 0 Å². The fourth-order valence-electron chi connectivity index (χ4n) is 1.80. The molecule has 1 aromatic rings. The molecule has 0 radical (unpaired) electrons. The van der Waals surface area contributed by atoms with Crippen molar-refractivity contribution in [3.8, 4) is 0 Å². The van der Waals surface area contributed by atoms with Crippen LogP contribution in [0.1, 0.15) is 17.2 Å². The fraction of sp³-hybridized carbons (Fsp3) is 0.500. The average Bonchev–Trinajstić information content (AvgIpc) is 2.39. The van der Waals surface area contributed by atoms with Gasteiger partial charge in [-0.2, -0.15) is 0 Å². The van der Waals surface area contributed by atoms with Crippen molar-refractivity contribution in [1.29, 1.82) is 0 Å². The Labute approximate surface area is 114 Å². The van der Waals surface area contributed by atoms with Crippen molar-refractivity contribution in [3.63, 3.8) is 0 Å². The van der Waals surface area contributed by atoms with E-state index in [2.05, 4.69) is 4.90 Å². The van der Waals surface area contributed by atoms with Gasteiger partial charge in [-0.05, 0) is 25.2 Å². The van der Waals surface area contributed by atoms with E-state index in [0.717, 1.165) is 12.1 Å². The van der Waals surface area contributed by atoms with Crippen LogP contribution in [0.15, 0.2) is 24.3 Å². The lowest BCUT2D eigenvalue weighted by atomic mass is 10.1. The molecule has 0 saturated carbocycles. The summed E-state index contributed by atoms with van der Waals surface area (Å²) in [4.78, 5) is 19.0. The van der Waals surface area contributed by atoms with Crippen molar-refractivity contribution >= 4 is 5.91 Å². The molecular formula is C14H22N2O3. The van der Waals surface area contributed by atoms with Crippen LogP contribution in [0.4, 0.5) is 0 Å². The van der Waals surface area contributed by atoms with E-state index in [0.29, 0.717) is 0 Å². The number of nitrogens with zero attached hydrogens (tertiary/aromatic N) is 2. The molecule has 0 aliphatic rings. The summed E-state index contributed by atoms with van der Waals surface area (Å²) in [6, 6.07) is 7.83. The number of likely N-dealkylation sites (N-methyl/N-ethyl adjacent to an activating group) is 1. The minimum atomic E-state index is -0.640. The molecule has 0 N–H and O–H groups in total. The Kier molecular flexibility index (Phi) is 5.95. The van der Waals surface area contributed by atoms with Gasteiger partial charge >= 0.3 is 0 Å². The van der Waals surface area contributed by atoms with Gasteiger partial charge in [0.15, 0.2) is 6.10 Å². The molecular weight excluding hydrogens is 244 g/mol. The van der Waals surface area contributed by atoms with Crippen molar-refractivity contribution in [2.45, 2.75) is 12.6 Å². The quantitative estimate of drug-likeness (QED) is 0.731. The maximum atomic E-state index is 12.0. The van der Waals surface area contributed by atoms with Crippen LogP contribution in [-0.2, 0) is 20.9 Å². The highest BCUT2D eigenvalue weighted by atomic mass is 16.7. The molecule has 0 bridgehead atoms. The zero-order chi connectivity index (χ0) is 14.4. The topological polar surface area (TPSA) is 42.0 Å². The lowest BCUT2D eigenvalue weighted by Crippen LogP contribution is -2.31. The number of carbonyl (C=O) groups excluding carboxylic acids is 1. The van der Waals surface area contributed by atoms with Crippen molar-refractivity contribution < 1.29 is 14.4 Å². The van der Waals surface area contributed by atoms with E-state index in [1.54, 1.807) is 7.05 Å². The minimum absolute atomic E-state index is 0.231. The van der Waals surface area contributed by atoms with Gasteiger partial charge < -0.3 is 9.64 Å². The molecule has 1 unspecified atom stereocenters. The van der Waals surface area contributed by atoms with E-state index in [1.165, 1.54) is 24.8 Å². The number of methoxy groups -OCH3 is 1. The van der Waals surface area contributed by atoms with Crippen LogP contribution >= 0.6 is 0 Å². The highest BCUT2D eigenvalue weighted by Gasteiger charge is 2.23. The van der Waals surface area contributed by atoms with Gasteiger partial charge in [-0.3, -0.25) is 9.63 Å². The van der Waals surface area contributed by atoms with Crippen LogP contribution in [0.2, 0.25) is 0 Å². The van der Waals surface area contributed by atoms with Crippen LogP contribution in [0.25, 0.3) is 0 Å². The Morgan fingerprint density at radius 2 is 1.74 bits per heavy atom. The largest absolute Gasteiger partial charge is 0.367 e. The third kappa shape index (κ3) is 4.31. The van der Waals surface area contributed by atoms with E-state index in [1.807, 2.05) is 38.4 Å². The summed E-state index contributed by atoms with van der Waals surface area (Å²) in [6.07, 6.45) is -0.640. The summed E-state index contributed by atoms with van der Waals surface area (Å²) in [5.41, 5.74) is 2.01. The summed E-state index contributed by atoms with van der Waals surface area (Å²) in [6.45, 7) is 0.865. The smallest absolute Gasteiger partial charge is 0.279 e. The number of hydroxylamine groups is 2. The highest BCUT2D eigenvalue weighted by molar-refractivity contribution is 5.81. The molecule has 106 valence electrons. The van der Waals surface area contributed by atoms with Crippen molar-refractivity contribution in [3.05, 3.63) is 35.4 Å². The molecule has 5 nitrogen and oxygen atoms in total. The molecule has 1 aromatic carbocycles. The Balaban J connectivity index is 2.85. The predicted octanol–water partition coefficient (Wildman–Crippen LogP) is 1.46. The SMILES string of the molecule is COC(C(=O)N(C)OC)c1ccc(CN(C)C)cc1. The average molecular weight is 266 g/mol. The molecule has 19 heavy (non-hydrogen) atoms. The van der Waals surface area contributed by atoms with E-state index in [-0.39, 0.29) is 5.91 Å². The molecule has 0 spiro atoms. The maximum Gasteiger partial charge on any atom is 0.279 e. The molecule has 1 atom stereocenters. The molecule has 0 fully saturated rings. The number of rotatable bonds is 6. The number of benzene rings is 1. The molecule has 5 heteroatoms. The molecule has 0 heterocycles. The number of hydrogen-bond donors (Lipinski definition) is 0. The minimum Gasteiger partial charge on any atom is -0.367 e. The zero-order valence-electron chi connectivity index (χ0n) is 12.2. The summed E-state index contributed by atoms with van der Waals surface area (Å²) >= 11 is 0. The molecule has 0 aliphatic heterocycles. The van der Waals surface area contributed by atoms with Crippen LogP contribution in [0.5, 0.6) is 0 Å². The fourth-order valence-corrected chi connectivity index (χ4v) is 1.80. The normalized spacial score (nSPS) is 12.5. The second-order valence-electron chi connectivity index (χ2n) is 4.61. The summed E-state index contributed by atoms with van der Waals surface area (Å²) in [5.74, 6) is -0.231. The predicted molar refractivity (Wildman–Crippen MR) is 73.4 cm³/mol. The second kappa shape index (κ2) is 7.23. The van der Waals surface area contributed by atoms with Gasteiger partial charge in [0.1, 0.15) is 0 Å². The van der Waals surface area contributed by atoms with Gasteiger partial charge in [0.25, 0.3) is 5.91 Å². The highest BCUT2D eigenvalue weighted by Crippen LogP contribution is 2.20. The summed E-state index contributed by atoms with van der Waals surface area (Å²) < 4.78 is 5.26. The van der Waals surface area contributed by atoms with E-state index in [4.69, 9.17) is 9.57 Å². The number of hydrogen-bond acceptors (Lipinski definition) is 4. The second-order valence-corrected chi connectivity index (χ2v) is 4.61. The van der Waals surface area contributed by atoms with Gasteiger partial charge in [0.05, 0.1) is 7.11 Å². The first-order chi connectivity index (χ1) is 8.99. The first-order valence-corrected chi connectivity index (χ1v) is 6.07. The summed E-state index contributed by atoms with van der Waals surface area (Å²) in [5, 5.41) is 1.17. The number of carbonyl (C=O) groups is 1. The van der Waals surface area contributed by atoms with Crippen LogP contribution in [-0.4, -0.2) is 51.2 Å². The van der Waals surface area contributed by atoms with Crippen LogP contribution in [0, 0.1) is 0 Å². The Morgan fingerprint density at radius 1 is 1.16 bits per heavy atom. The van der Waals surface area contributed by atoms with Crippen molar-refractivity contribution in [2.24, 2.45) is 0 Å². The molecule has 1 rings (SSSR count). The van der Waals surface area contributed by atoms with Gasteiger partial charge in [0, 0.05) is 20.7 Å². The van der Waals surface area contributed by atoms with Gasteiger partial charge in [-0.25, -0.2) is 5.06 Å². The van der Waals surface area contributed by atoms with Gasteiger partial charge in [0.2, 0.25) is 0 Å². The van der Waals surface area contributed by atoms with Crippen molar-refractivity contribution in [2.75, 3.05) is 35.4 Å². The van der Waals surface area contributed by atoms with Gasteiger partial charge in [-0.15, -0.1) is 0 Å². The first-order valence-electron chi connectivity index (χ1n) is 6.07. The lowest BCUT2D eigenvalue weighted by molar-refractivity contribution is -0.179. The third-order valence-corrected chi connectivity index (χ3v) is 2.83. The Hall–Kier alpha value is -1.43. The van der Waals surface area contributed by atoms with Gasteiger partial charge in [-0.1, -0.05) is 24.3 Å². The maximum absolute atomic E-state index is 12.0. The van der Waals surface area contributed by atoms with E-state index in [9.17, 15) is 4.79 Å². The molecule has 1 amide bonds.